The third kappa shape index (κ3) is 2.79. The molecule has 0 bridgehead atoms. The lowest BCUT2D eigenvalue weighted by Gasteiger charge is -2.34. The van der Waals surface area contributed by atoms with Crippen molar-refractivity contribution >= 4 is 5.91 Å². The number of amides is 1. The van der Waals surface area contributed by atoms with Crippen molar-refractivity contribution in [3.05, 3.63) is 18.2 Å². The van der Waals surface area contributed by atoms with Gasteiger partial charge in [0, 0.05) is 57.0 Å². The maximum Gasteiger partial charge on any atom is 0.237 e. The number of hydrazine groups is 1. The summed E-state index contributed by atoms with van der Waals surface area (Å²) in [4.78, 5) is 18.7. The summed E-state index contributed by atoms with van der Waals surface area (Å²) in [6.07, 6.45) is 5.43. The summed E-state index contributed by atoms with van der Waals surface area (Å²) in [5.41, 5.74) is 4.24. The number of hydrogen-bond acceptors (Lipinski definition) is 4. The van der Waals surface area contributed by atoms with Gasteiger partial charge in [-0.2, -0.15) is 0 Å². The van der Waals surface area contributed by atoms with Crippen LogP contribution in [0.15, 0.2) is 12.5 Å². The SMILES string of the molecule is CN1CCN(NC(=O)C2CCn3cncc3C2)CC1. The lowest BCUT2D eigenvalue weighted by atomic mass is 9.96. The van der Waals surface area contributed by atoms with E-state index in [1.165, 1.54) is 5.69 Å². The Morgan fingerprint density at radius 3 is 2.89 bits per heavy atom. The number of carbonyl (C=O) groups excluding carboxylic acids is 1. The Kier molecular flexibility index (Phi) is 3.52. The zero-order valence-corrected chi connectivity index (χ0v) is 11.4. The highest BCUT2D eigenvalue weighted by atomic mass is 16.2. The molecule has 6 nitrogen and oxygen atoms in total. The molecule has 0 aliphatic carbocycles. The second-order valence-corrected chi connectivity index (χ2v) is 5.53. The standard InChI is InChI=1S/C13H21N5O/c1-16-4-6-18(7-5-16)15-13(19)11-2-3-17-10-14-9-12(17)8-11/h9-11H,2-8H2,1H3,(H,15,19). The molecule has 6 heteroatoms. The number of fused-ring (bicyclic) bond motifs is 1. The zero-order chi connectivity index (χ0) is 13.2. The highest BCUT2D eigenvalue weighted by Gasteiger charge is 2.26. The quantitative estimate of drug-likeness (QED) is 0.798. The normalized spacial score (nSPS) is 25.0. The Bertz CT molecular complexity index is 450. The minimum Gasteiger partial charge on any atom is -0.335 e. The maximum atomic E-state index is 12.3. The van der Waals surface area contributed by atoms with Crippen LogP contribution in [0, 0.1) is 5.92 Å². The fourth-order valence-electron chi connectivity index (χ4n) is 2.76. The number of carbonyl (C=O) groups is 1. The van der Waals surface area contributed by atoms with Gasteiger partial charge in [-0.3, -0.25) is 10.2 Å². The Balaban J connectivity index is 1.54. The Labute approximate surface area is 113 Å². The second-order valence-electron chi connectivity index (χ2n) is 5.53. The average molecular weight is 263 g/mol. The molecule has 3 heterocycles. The largest absolute Gasteiger partial charge is 0.335 e. The summed E-state index contributed by atoms with van der Waals surface area (Å²) < 4.78 is 2.14. The van der Waals surface area contributed by atoms with Crippen LogP contribution in [0.25, 0.3) is 0 Å². The van der Waals surface area contributed by atoms with E-state index in [-0.39, 0.29) is 11.8 Å². The molecular formula is C13H21N5O. The van der Waals surface area contributed by atoms with Crippen molar-refractivity contribution < 1.29 is 4.79 Å². The van der Waals surface area contributed by atoms with Crippen molar-refractivity contribution in [3.8, 4) is 0 Å². The maximum absolute atomic E-state index is 12.3. The molecule has 104 valence electrons. The molecular weight excluding hydrogens is 242 g/mol. The van der Waals surface area contributed by atoms with E-state index in [1.54, 1.807) is 0 Å². The highest BCUT2D eigenvalue weighted by molar-refractivity contribution is 5.78. The average Bonchev–Trinajstić information content (AvgIpc) is 2.88. The van der Waals surface area contributed by atoms with E-state index in [4.69, 9.17) is 0 Å². The van der Waals surface area contributed by atoms with Crippen molar-refractivity contribution in [1.29, 1.82) is 0 Å². The monoisotopic (exact) mass is 263 g/mol. The van der Waals surface area contributed by atoms with Crippen LogP contribution in [-0.4, -0.2) is 58.6 Å². The molecule has 1 N–H and O–H groups in total. The van der Waals surface area contributed by atoms with Gasteiger partial charge >= 0.3 is 0 Å². The van der Waals surface area contributed by atoms with Gasteiger partial charge in [-0.25, -0.2) is 9.99 Å². The number of piperazine rings is 1. The van der Waals surface area contributed by atoms with Crippen LogP contribution in [0.5, 0.6) is 0 Å². The van der Waals surface area contributed by atoms with E-state index in [0.29, 0.717) is 0 Å². The van der Waals surface area contributed by atoms with Crippen LogP contribution in [0.1, 0.15) is 12.1 Å². The molecule has 2 aliphatic heterocycles. The molecule has 1 saturated heterocycles. The molecule has 1 aromatic rings. The van der Waals surface area contributed by atoms with Crippen LogP contribution in [0.4, 0.5) is 0 Å². The van der Waals surface area contributed by atoms with Gasteiger partial charge in [0.15, 0.2) is 0 Å². The third-order valence-corrected chi connectivity index (χ3v) is 4.11. The van der Waals surface area contributed by atoms with Crippen molar-refractivity contribution in [2.45, 2.75) is 19.4 Å². The first-order chi connectivity index (χ1) is 9.22. The summed E-state index contributed by atoms with van der Waals surface area (Å²) in [6, 6.07) is 0. The predicted molar refractivity (Wildman–Crippen MR) is 71.3 cm³/mol. The number of nitrogens with zero attached hydrogens (tertiary/aromatic N) is 4. The van der Waals surface area contributed by atoms with Crippen molar-refractivity contribution in [2.24, 2.45) is 5.92 Å². The molecule has 0 radical (unpaired) electrons. The number of rotatable bonds is 2. The number of hydrogen-bond donors (Lipinski definition) is 1. The van der Waals surface area contributed by atoms with Crippen molar-refractivity contribution in [1.82, 2.24) is 24.9 Å². The molecule has 0 aromatic carbocycles. The summed E-state index contributed by atoms with van der Waals surface area (Å²) in [5, 5.41) is 2.05. The summed E-state index contributed by atoms with van der Waals surface area (Å²) in [5.74, 6) is 0.251. The minimum atomic E-state index is 0.0869. The smallest absolute Gasteiger partial charge is 0.237 e. The van der Waals surface area contributed by atoms with E-state index in [1.807, 2.05) is 17.5 Å². The molecule has 1 aromatic heterocycles. The molecule has 1 unspecified atom stereocenters. The molecule has 0 spiro atoms. The van der Waals surface area contributed by atoms with Crippen molar-refractivity contribution in [3.63, 3.8) is 0 Å². The highest BCUT2D eigenvalue weighted by Crippen LogP contribution is 2.20. The van der Waals surface area contributed by atoms with E-state index >= 15 is 0 Å². The Morgan fingerprint density at radius 1 is 1.32 bits per heavy atom. The van der Waals surface area contributed by atoms with E-state index in [0.717, 1.165) is 45.6 Å². The summed E-state index contributed by atoms with van der Waals surface area (Å²) >= 11 is 0. The van der Waals surface area contributed by atoms with Crippen LogP contribution in [-0.2, 0) is 17.8 Å². The third-order valence-electron chi connectivity index (χ3n) is 4.11. The first kappa shape index (κ1) is 12.6. The predicted octanol–water partition coefficient (Wildman–Crippen LogP) is -0.276. The molecule has 2 aliphatic rings. The van der Waals surface area contributed by atoms with Gasteiger partial charge in [-0.15, -0.1) is 0 Å². The lowest BCUT2D eigenvalue weighted by Crippen LogP contribution is -2.54. The fourth-order valence-corrected chi connectivity index (χ4v) is 2.76. The molecule has 1 fully saturated rings. The fraction of sp³-hybridized carbons (Fsp3) is 0.692. The first-order valence-electron chi connectivity index (χ1n) is 6.95. The van der Waals surface area contributed by atoms with E-state index < -0.39 is 0 Å². The first-order valence-corrected chi connectivity index (χ1v) is 6.95. The lowest BCUT2D eigenvalue weighted by molar-refractivity contribution is -0.131. The topological polar surface area (TPSA) is 53.4 Å². The van der Waals surface area contributed by atoms with Crippen LogP contribution in [0.3, 0.4) is 0 Å². The summed E-state index contributed by atoms with van der Waals surface area (Å²) in [7, 11) is 2.11. The number of aromatic nitrogens is 2. The van der Waals surface area contributed by atoms with E-state index in [9.17, 15) is 4.79 Å². The number of likely N-dealkylation sites (N-methyl/N-ethyl adjacent to an activating group) is 1. The number of imidazole rings is 1. The van der Waals surface area contributed by atoms with Gasteiger partial charge in [-0.1, -0.05) is 0 Å². The zero-order valence-electron chi connectivity index (χ0n) is 11.4. The van der Waals surface area contributed by atoms with Gasteiger partial charge < -0.3 is 9.47 Å². The van der Waals surface area contributed by atoms with Crippen LogP contribution >= 0.6 is 0 Å². The number of aryl methyl sites for hydroxylation is 1. The van der Waals surface area contributed by atoms with Gasteiger partial charge in [0.1, 0.15) is 0 Å². The van der Waals surface area contributed by atoms with Crippen LogP contribution in [0.2, 0.25) is 0 Å². The van der Waals surface area contributed by atoms with E-state index in [2.05, 4.69) is 26.9 Å². The molecule has 3 rings (SSSR count). The van der Waals surface area contributed by atoms with Crippen LogP contribution < -0.4 is 5.43 Å². The molecule has 1 amide bonds. The van der Waals surface area contributed by atoms with Gasteiger partial charge in [-0.05, 0) is 13.5 Å². The summed E-state index contributed by atoms with van der Waals surface area (Å²) in [6.45, 7) is 4.74. The van der Waals surface area contributed by atoms with Gasteiger partial charge in [0.05, 0.1) is 6.33 Å². The Morgan fingerprint density at radius 2 is 2.11 bits per heavy atom. The second kappa shape index (κ2) is 5.30. The minimum absolute atomic E-state index is 0.0869. The molecule has 19 heavy (non-hydrogen) atoms. The number of nitrogens with one attached hydrogen (secondary N) is 1. The molecule has 0 saturated carbocycles. The van der Waals surface area contributed by atoms with Gasteiger partial charge in [0.25, 0.3) is 0 Å². The van der Waals surface area contributed by atoms with Crippen molar-refractivity contribution in [2.75, 3.05) is 33.2 Å². The van der Waals surface area contributed by atoms with Gasteiger partial charge in [0.2, 0.25) is 5.91 Å². The Hall–Kier alpha value is -1.40. The molecule has 1 atom stereocenters.